The van der Waals surface area contributed by atoms with Crippen LogP contribution in [-0.2, 0) is 21.7 Å². The SMILES string of the molecule is Cc1ccc(N(c2ccc(C(C)(C)C)cc2)c2cc(N(c3ccc(C(C)(C)C)cc3)c3ccc(C(C)(C)C)cc3)cc(N(c3ccc(C)cc3)c3ccc(C(C)(C)C)cc3)c2Cl)cc1. The quantitative estimate of drug-likeness (QED) is 0.143. The summed E-state index contributed by atoms with van der Waals surface area (Å²) in [4.78, 5) is 7.02. The van der Waals surface area contributed by atoms with E-state index in [0.29, 0.717) is 5.02 Å². The van der Waals surface area contributed by atoms with Crippen molar-refractivity contribution in [2.75, 3.05) is 14.7 Å². The highest BCUT2D eigenvalue weighted by Crippen LogP contribution is 2.51. The molecule has 7 aromatic carbocycles. The number of hydrogen-bond donors (Lipinski definition) is 0. The number of anilines is 9. The molecule has 0 unspecified atom stereocenters. The van der Waals surface area contributed by atoms with Crippen molar-refractivity contribution in [3.8, 4) is 0 Å². The molecule has 3 nitrogen and oxygen atoms in total. The van der Waals surface area contributed by atoms with Gasteiger partial charge in [-0.05, 0) is 143 Å². The third kappa shape index (κ3) is 10.1. The second-order valence-electron chi connectivity index (χ2n) is 21.7. The Hall–Kier alpha value is -5.77. The Morgan fingerprint density at radius 2 is 0.484 bits per heavy atom. The minimum absolute atomic E-state index is 0.000602. The molecule has 4 heteroatoms. The second-order valence-corrected chi connectivity index (χ2v) is 22.0. The van der Waals surface area contributed by atoms with Crippen LogP contribution in [0.1, 0.15) is 116 Å². The Morgan fingerprint density at radius 3 is 0.703 bits per heavy atom. The third-order valence-electron chi connectivity index (χ3n) is 12.3. The summed E-state index contributed by atoms with van der Waals surface area (Å²) in [5.74, 6) is 0. The van der Waals surface area contributed by atoms with Crippen LogP contribution < -0.4 is 14.7 Å². The molecule has 0 N–H and O–H groups in total. The zero-order chi connectivity index (χ0) is 46.4. The molecule has 0 bridgehead atoms. The van der Waals surface area contributed by atoms with Gasteiger partial charge in [-0.3, -0.25) is 0 Å². The predicted molar refractivity (Wildman–Crippen MR) is 280 cm³/mol. The van der Waals surface area contributed by atoms with Gasteiger partial charge < -0.3 is 14.7 Å². The summed E-state index contributed by atoms with van der Waals surface area (Å²) in [5, 5.41) is 0.635. The lowest BCUT2D eigenvalue weighted by molar-refractivity contribution is 0.590. The Kier molecular flexibility index (Phi) is 12.8. The third-order valence-corrected chi connectivity index (χ3v) is 12.7. The number of benzene rings is 7. The van der Waals surface area contributed by atoms with Crippen LogP contribution in [0, 0.1) is 13.8 Å². The zero-order valence-electron chi connectivity index (χ0n) is 40.7. The van der Waals surface area contributed by atoms with Crippen LogP contribution in [0.2, 0.25) is 5.02 Å². The van der Waals surface area contributed by atoms with Crippen molar-refractivity contribution in [1.82, 2.24) is 0 Å². The highest BCUT2D eigenvalue weighted by Gasteiger charge is 2.28. The molecule has 7 rings (SSSR count). The Morgan fingerprint density at radius 1 is 0.281 bits per heavy atom. The number of aryl methyl sites for hydroxylation is 2. The molecule has 0 fully saturated rings. The van der Waals surface area contributed by atoms with E-state index in [1.54, 1.807) is 0 Å². The van der Waals surface area contributed by atoms with Gasteiger partial charge in [0.15, 0.2) is 0 Å². The topological polar surface area (TPSA) is 9.72 Å². The number of hydrogen-bond acceptors (Lipinski definition) is 3. The number of nitrogens with zero attached hydrogens (tertiary/aromatic N) is 3. The predicted octanol–water partition coefficient (Wildman–Crippen LogP) is 18.6. The molecule has 0 atom stereocenters. The van der Waals surface area contributed by atoms with E-state index in [-0.39, 0.29) is 21.7 Å². The maximum atomic E-state index is 8.08. The van der Waals surface area contributed by atoms with E-state index in [2.05, 4.69) is 269 Å². The van der Waals surface area contributed by atoms with Crippen molar-refractivity contribution in [1.29, 1.82) is 0 Å². The van der Waals surface area contributed by atoms with Crippen molar-refractivity contribution in [3.63, 3.8) is 0 Å². The summed E-state index contributed by atoms with van der Waals surface area (Å²) >= 11 is 8.08. The van der Waals surface area contributed by atoms with Crippen LogP contribution in [0.15, 0.2) is 158 Å². The first kappa shape index (κ1) is 46.2. The molecule has 0 aliphatic carbocycles. The lowest BCUT2D eigenvalue weighted by Gasteiger charge is -2.34. The Bertz CT molecular complexity index is 2480. The van der Waals surface area contributed by atoms with Crippen molar-refractivity contribution in [3.05, 3.63) is 196 Å². The fourth-order valence-electron chi connectivity index (χ4n) is 8.17. The number of rotatable bonds is 9. The molecule has 0 spiro atoms. The molecule has 0 aromatic heterocycles. The van der Waals surface area contributed by atoms with Gasteiger partial charge >= 0.3 is 0 Å². The molecule has 0 radical (unpaired) electrons. The van der Waals surface area contributed by atoms with Crippen LogP contribution in [0.5, 0.6) is 0 Å². The summed E-state index contributed by atoms with van der Waals surface area (Å²) in [6.45, 7) is 31.4. The van der Waals surface area contributed by atoms with Gasteiger partial charge in [-0.15, -0.1) is 0 Å². The van der Waals surface area contributed by atoms with E-state index >= 15 is 0 Å². The normalized spacial score (nSPS) is 12.3. The summed E-state index contributed by atoms with van der Waals surface area (Å²) in [7, 11) is 0. The van der Waals surface area contributed by atoms with Crippen molar-refractivity contribution in [2.24, 2.45) is 0 Å². The average Bonchev–Trinajstić information content (AvgIpc) is 3.23. The van der Waals surface area contributed by atoms with E-state index < -0.39 is 0 Å². The monoisotopic (exact) mass is 866 g/mol. The molecule has 0 aliphatic heterocycles. The van der Waals surface area contributed by atoms with Crippen LogP contribution in [0.3, 0.4) is 0 Å². The summed E-state index contributed by atoms with van der Waals surface area (Å²) in [5.41, 5.74) is 16.4. The van der Waals surface area contributed by atoms with Crippen LogP contribution in [0.25, 0.3) is 0 Å². The van der Waals surface area contributed by atoms with E-state index in [9.17, 15) is 0 Å². The maximum absolute atomic E-state index is 8.08. The van der Waals surface area contributed by atoms with Crippen molar-refractivity contribution < 1.29 is 0 Å². The van der Waals surface area contributed by atoms with Gasteiger partial charge in [-0.1, -0.05) is 179 Å². The van der Waals surface area contributed by atoms with E-state index in [4.69, 9.17) is 11.6 Å². The number of halogens is 1. The fraction of sp³-hybridized carbons (Fsp3) is 0.300. The van der Waals surface area contributed by atoms with Crippen molar-refractivity contribution in [2.45, 2.75) is 119 Å². The minimum atomic E-state index is 0.000602. The molecule has 0 aliphatic rings. The van der Waals surface area contributed by atoms with E-state index in [1.165, 1.54) is 33.4 Å². The Balaban J connectivity index is 1.58. The first-order chi connectivity index (χ1) is 30.0. The van der Waals surface area contributed by atoms with Crippen LogP contribution in [-0.4, -0.2) is 0 Å². The van der Waals surface area contributed by atoms with Crippen LogP contribution >= 0.6 is 11.6 Å². The molecule has 0 heterocycles. The summed E-state index contributed by atoms with van der Waals surface area (Å²) in [6.07, 6.45) is 0. The minimum Gasteiger partial charge on any atom is -0.310 e. The smallest absolute Gasteiger partial charge is 0.0888 e. The summed E-state index contributed by atoms with van der Waals surface area (Å²) in [6, 6.07) is 58.2. The second kappa shape index (κ2) is 17.7. The highest BCUT2D eigenvalue weighted by atomic mass is 35.5. The first-order valence-electron chi connectivity index (χ1n) is 22.8. The first-order valence-corrected chi connectivity index (χ1v) is 23.2. The molecule has 0 saturated carbocycles. The standard InChI is InChI=1S/C60H68ClN3/c1-41-15-27-49(28-16-41)63(51-35-23-45(24-36-51)59(9,10)11)54-39-53(62(47-31-19-43(20-32-47)57(3,4)5)48-33-21-44(22-34-48)58(6,7)8)40-55(56(54)61)64(50-29-17-42(2)18-30-50)52-37-25-46(26-38-52)60(12,13)14/h15-40H,1-14H3. The molecule has 330 valence electrons. The molecule has 64 heavy (non-hydrogen) atoms. The van der Waals surface area contributed by atoms with Gasteiger partial charge in [0.25, 0.3) is 0 Å². The summed E-state index contributed by atoms with van der Waals surface area (Å²) < 4.78 is 0. The lowest BCUT2D eigenvalue weighted by atomic mass is 9.86. The molecule has 7 aromatic rings. The van der Waals surface area contributed by atoms with E-state index in [1.807, 2.05) is 0 Å². The molecular formula is C60H68ClN3. The van der Waals surface area contributed by atoms with E-state index in [0.717, 1.165) is 51.2 Å². The zero-order valence-corrected chi connectivity index (χ0v) is 41.5. The van der Waals surface area contributed by atoms with Gasteiger partial charge in [0.1, 0.15) is 0 Å². The van der Waals surface area contributed by atoms with Gasteiger partial charge in [-0.2, -0.15) is 0 Å². The average molecular weight is 867 g/mol. The van der Waals surface area contributed by atoms with Gasteiger partial charge in [0, 0.05) is 34.1 Å². The molecular weight excluding hydrogens is 798 g/mol. The molecule has 0 saturated heterocycles. The lowest BCUT2D eigenvalue weighted by Crippen LogP contribution is -2.18. The van der Waals surface area contributed by atoms with Gasteiger partial charge in [0.2, 0.25) is 0 Å². The fourth-order valence-corrected chi connectivity index (χ4v) is 8.44. The van der Waals surface area contributed by atoms with Crippen LogP contribution in [0.4, 0.5) is 51.2 Å². The largest absolute Gasteiger partial charge is 0.310 e. The molecule has 0 amide bonds. The Labute approximate surface area is 390 Å². The van der Waals surface area contributed by atoms with Crippen molar-refractivity contribution >= 4 is 62.8 Å². The maximum Gasteiger partial charge on any atom is 0.0888 e. The van der Waals surface area contributed by atoms with Gasteiger partial charge in [0.05, 0.1) is 22.1 Å². The highest BCUT2D eigenvalue weighted by molar-refractivity contribution is 6.37. The van der Waals surface area contributed by atoms with Gasteiger partial charge in [-0.25, -0.2) is 0 Å².